The number of carbonyl (C=O) groups is 2. The molecular weight excluding hydrogens is 352 g/mol. The number of rotatable bonds is 4. The van der Waals surface area contributed by atoms with Crippen LogP contribution in [0.3, 0.4) is 0 Å². The van der Waals surface area contributed by atoms with Crippen molar-refractivity contribution < 1.29 is 14.0 Å². The molecule has 8 heteroatoms. The number of nitrogens with zero attached hydrogens (tertiary/aromatic N) is 3. The molecule has 136 valence electrons. The number of thioether (sulfide) groups is 1. The van der Waals surface area contributed by atoms with E-state index < -0.39 is 10.8 Å². The van der Waals surface area contributed by atoms with Crippen molar-refractivity contribution in [3.05, 3.63) is 30.2 Å². The van der Waals surface area contributed by atoms with Crippen LogP contribution in [0.25, 0.3) is 0 Å². The van der Waals surface area contributed by atoms with E-state index in [9.17, 15) is 9.59 Å². The van der Waals surface area contributed by atoms with Gasteiger partial charge < -0.3 is 9.73 Å². The summed E-state index contributed by atoms with van der Waals surface area (Å²) in [6.07, 6.45) is 2.16. The molecule has 4 rings (SSSR count). The fourth-order valence-electron chi connectivity index (χ4n) is 2.99. The van der Waals surface area contributed by atoms with Gasteiger partial charge in [-0.3, -0.25) is 14.5 Å². The molecule has 1 saturated carbocycles. The van der Waals surface area contributed by atoms with E-state index in [1.165, 1.54) is 11.8 Å². The van der Waals surface area contributed by atoms with Crippen LogP contribution in [0.2, 0.25) is 0 Å². The van der Waals surface area contributed by atoms with E-state index in [1.54, 1.807) is 31.7 Å². The Morgan fingerprint density at radius 3 is 2.81 bits per heavy atom. The molecule has 0 unspecified atom stereocenters. The summed E-state index contributed by atoms with van der Waals surface area (Å²) in [4.78, 5) is 27.3. The highest BCUT2D eigenvalue weighted by molar-refractivity contribution is 8.00. The summed E-state index contributed by atoms with van der Waals surface area (Å²) in [6.45, 7) is 5.27. The maximum Gasteiger partial charge on any atom is 0.277 e. The van der Waals surface area contributed by atoms with Gasteiger partial charge in [-0.2, -0.15) is 0 Å². The molecule has 0 spiro atoms. The number of amides is 2. The van der Waals surface area contributed by atoms with Crippen molar-refractivity contribution in [2.24, 2.45) is 0 Å². The number of hydrogen-bond acceptors (Lipinski definition) is 6. The fourth-order valence-corrected chi connectivity index (χ4v) is 3.72. The Hall–Kier alpha value is -2.35. The summed E-state index contributed by atoms with van der Waals surface area (Å²) >= 11 is 1.22. The van der Waals surface area contributed by atoms with Gasteiger partial charge in [0.15, 0.2) is 0 Å². The molecule has 26 heavy (non-hydrogen) atoms. The third kappa shape index (κ3) is 2.88. The van der Waals surface area contributed by atoms with E-state index in [1.807, 2.05) is 18.2 Å². The SMILES string of the molecule is C[C@@H](Sc1nnc(C2CC2)o1)C(=O)N1c2ccccc2NC(=O)C1(C)C. The highest BCUT2D eigenvalue weighted by Gasteiger charge is 2.45. The summed E-state index contributed by atoms with van der Waals surface area (Å²) in [6, 6.07) is 7.31. The zero-order valence-corrected chi connectivity index (χ0v) is 15.7. The van der Waals surface area contributed by atoms with Crippen LogP contribution < -0.4 is 10.2 Å². The maximum atomic E-state index is 13.2. The van der Waals surface area contributed by atoms with Crippen molar-refractivity contribution in [2.45, 2.75) is 55.5 Å². The summed E-state index contributed by atoms with van der Waals surface area (Å²) in [5.74, 6) is 0.638. The van der Waals surface area contributed by atoms with Crippen LogP contribution in [0.15, 0.2) is 33.9 Å². The Kier molecular flexibility index (Phi) is 4.02. The number of benzene rings is 1. The molecule has 0 saturated heterocycles. The number of anilines is 2. The van der Waals surface area contributed by atoms with Crippen LogP contribution >= 0.6 is 11.8 Å². The molecule has 7 nitrogen and oxygen atoms in total. The number of para-hydroxylation sites is 2. The Morgan fingerprint density at radius 2 is 2.08 bits per heavy atom. The molecule has 0 radical (unpaired) electrons. The largest absolute Gasteiger partial charge is 0.416 e. The van der Waals surface area contributed by atoms with Gasteiger partial charge in [0, 0.05) is 5.92 Å². The summed E-state index contributed by atoms with van der Waals surface area (Å²) in [7, 11) is 0. The van der Waals surface area contributed by atoms with Gasteiger partial charge in [0.05, 0.1) is 16.6 Å². The van der Waals surface area contributed by atoms with Gasteiger partial charge in [-0.05, 0) is 45.7 Å². The first-order valence-electron chi connectivity index (χ1n) is 8.62. The summed E-state index contributed by atoms with van der Waals surface area (Å²) in [5.41, 5.74) is 0.337. The van der Waals surface area contributed by atoms with E-state index in [2.05, 4.69) is 15.5 Å². The smallest absolute Gasteiger partial charge is 0.277 e. The zero-order valence-electron chi connectivity index (χ0n) is 14.9. The van der Waals surface area contributed by atoms with E-state index >= 15 is 0 Å². The van der Waals surface area contributed by atoms with Crippen LogP contribution in [-0.2, 0) is 9.59 Å². The van der Waals surface area contributed by atoms with Gasteiger partial charge in [-0.1, -0.05) is 23.9 Å². The van der Waals surface area contributed by atoms with Gasteiger partial charge in [0.25, 0.3) is 5.22 Å². The number of nitrogens with one attached hydrogen (secondary N) is 1. The van der Waals surface area contributed by atoms with Crippen molar-refractivity contribution in [1.29, 1.82) is 0 Å². The molecule has 0 bridgehead atoms. The molecular formula is C18H20N4O3S. The lowest BCUT2D eigenvalue weighted by molar-refractivity contribution is -0.126. The minimum absolute atomic E-state index is 0.173. The monoisotopic (exact) mass is 372 g/mol. The van der Waals surface area contributed by atoms with Gasteiger partial charge in [0.1, 0.15) is 5.54 Å². The van der Waals surface area contributed by atoms with Crippen molar-refractivity contribution in [3.8, 4) is 0 Å². The molecule has 1 aliphatic heterocycles. The van der Waals surface area contributed by atoms with Gasteiger partial charge in [-0.15, -0.1) is 10.2 Å². The molecule has 1 aromatic carbocycles. The number of hydrogen-bond donors (Lipinski definition) is 1. The molecule has 1 N–H and O–H groups in total. The van der Waals surface area contributed by atoms with E-state index in [-0.39, 0.29) is 11.8 Å². The average molecular weight is 372 g/mol. The van der Waals surface area contributed by atoms with Crippen molar-refractivity contribution in [3.63, 3.8) is 0 Å². The first-order valence-corrected chi connectivity index (χ1v) is 9.50. The predicted molar refractivity (Wildman–Crippen MR) is 98.2 cm³/mol. The highest BCUT2D eigenvalue weighted by atomic mass is 32.2. The van der Waals surface area contributed by atoms with Crippen LogP contribution in [0.5, 0.6) is 0 Å². The van der Waals surface area contributed by atoms with Crippen LogP contribution in [0.1, 0.15) is 45.4 Å². The number of fused-ring (bicyclic) bond motifs is 1. The molecule has 2 amide bonds. The normalized spacial score (nSPS) is 19.7. The van der Waals surface area contributed by atoms with Crippen LogP contribution in [0, 0.1) is 0 Å². The zero-order chi connectivity index (χ0) is 18.5. The molecule has 1 fully saturated rings. The Balaban J connectivity index is 1.59. The molecule has 1 aliphatic carbocycles. The molecule has 1 atom stereocenters. The highest BCUT2D eigenvalue weighted by Crippen LogP contribution is 2.41. The lowest BCUT2D eigenvalue weighted by Crippen LogP contribution is -2.60. The van der Waals surface area contributed by atoms with Crippen LogP contribution in [0.4, 0.5) is 11.4 Å². The topological polar surface area (TPSA) is 88.3 Å². The second-order valence-corrected chi connectivity index (χ2v) is 8.44. The second-order valence-electron chi connectivity index (χ2n) is 7.14. The molecule has 2 aliphatic rings. The Morgan fingerprint density at radius 1 is 1.35 bits per heavy atom. The fraction of sp³-hybridized carbons (Fsp3) is 0.444. The molecule has 2 aromatic rings. The van der Waals surface area contributed by atoms with Crippen molar-refractivity contribution in [2.75, 3.05) is 10.2 Å². The van der Waals surface area contributed by atoms with E-state index in [0.717, 1.165) is 12.8 Å². The quantitative estimate of drug-likeness (QED) is 0.829. The maximum absolute atomic E-state index is 13.2. The van der Waals surface area contributed by atoms with E-state index in [4.69, 9.17) is 4.42 Å². The van der Waals surface area contributed by atoms with Gasteiger partial charge >= 0.3 is 0 Å². The van der Waals surface area contributed by atoms with Crippen LogP contribution in [-0.4, -0.2) is 32.8 Å². The standard InChI is InChI=1S/C18H20N4O3S/c1-10(26-17-21-20-14(25-17)11-8-9-11)15(23)22-13-7-5-4-6-12(13)19-16(24)18(22,2)3/h4-7,10-11H,8-9H2,1-3H3,(H,19,24)/t10-/m1/s1. The Labute approximate surface area is 155 Å². The molecule has 1 aromatic heterocycles. The first kappa shape index (κ1) is 17.1. The minimum atomic E-state index is -0.992. The van der Waals surface area contributed by atoms with Crippen molar-refractivity contribution >= 4 is 35.0 Å². The Bertz CT molecular complexity index is 875. The second kappa shape index (κ2) is 6.12. The number of aromatic nitrogens is 2. The summed E-state index contributed by atoms with van der Waals surface area (Å²) < 4.78 is 5.65. The first-order chi connectivity index (χ1) is 12.4. The minimum Gasteiger partial charge on any atom is -0.416 e. The summed E-state index contributed by atoms with van der Waals surface area (Å²) in [5, 5.41) is 10.9. The third-order valence-electron chi connectivity index (χ3n) is 4.70. The predicted octanol–water partition coefficient (Wildman–Crippen LogP) is 3.19. The lowest BCUT2D eigenvalue weighted by atomic mass is 9.96. The average Bonchev–Trinajstić information content (AvgIpc) is 3.35. The van der Waals surface area contributed by atoms with Gasteiger partial charge in [-0.25, -0.2) is 0 Å². The van der Waals surface area contributed by atoms with E-state index in [0.29, 0.717) is 28.4 Å². The third-order valence-corrected chi connectivity index (χ3v) is 5.62. The van der Waals surface area contributed by atoms with Crippen molar-refractivity contribution in [1.82, 2.24) is 10.2 Å². The lowest BCUT2D eigenvalue weighted by Gasteiger charge is -2.42. The number of carbonyl (C=O) groups excluding carboxylic acids is 2. The molecule has 2 heterocycles. The van der Waals surface area contributed by atoms with Gasteiger partial charge in [0.2, 0.25) is 17.7 Å².